The summed E-state index contributed by atoms with van der Waals surface area (Å²) in [4.78, 5) is 7.09. The first-order chi connectivity index (χ1) is 8.31. The normalized spacial score (nSPS) is 29.5. The van der Waals surface area contributed by atoms with Crippen LogP contribution in [-0.2, 0) is 6.54 Å². The maximum Gasteiger partial charge on any atom is 0.126 e. The SMILES string of the molecule is CCN1CCCC1c1ncc2n1CCCC2O. The number of likely N-dealkylation sites (tertiary alicyclic amines) is 1. The number of imidazole rings is 1. The van der Waals surface area contributed by atoms with Crippen LogP contribution in [0.25, 0.3) is 0 Å². The molecule has 0 aliphatic carbocycles. The lowest BCUT2D eigenvalue weighted by molar-refractivity contribution is 0.136. The second-order valence-electron chi connectivity index (χ2n) is 5.14. The molecule has 0 amide bonds. The molecule has 4 heteroatoms. The van der Waals surface area contributed by atoms with Gasteiger partial charge in [0.1, 0.15) is 5.82 Å². The molecule has 2 aliphatic rings. The van der Waals surface area contributed by atoms with E-state index in [1.54, 1.807) is 0 Å². The summed E-state index contributed by atoms with van der Waals surface area (Å²) in [6.45, 7) is 5.52. The van der Waals surface area contributed by atoms with E-state index < -0.39 is 0 Å². The molecule has 2 atom stereocenters. The van der Waals surface area contributed by atoms with Gasteiger partial charge in [0, 0.05) is 6.54 Å². The summed E-state index contributed by atoms with van der Waals surface area (Å²) < 4.78 is 2.26. The molecule has 1 aromatic rings. The van der Waals surface area contributed by atoms with Crippen LogP contribution in [0.1, 0.15) is 56.3 Å². The lowest BCUT2D eigenvalue weighted by Gasteiger charge is -2.26. The van der Waals surface area contributed by atoms with Gasteiger partial charge in [-0.1, -0.05) is 6.92 Å². The Balaban J connectivity index is 1.93. The van der Waals surface area contributed by atoms with Crippen molar-refractivity contribution in [2.75, 3.05) is 13.1 Å². The number of hydrogen-bond acceptors (Lipinski definition) is 3. The van der Waals surface area contributed by atoms with Gasteiger partial charge in [0.15, 0.2) is 0 Å². The van der Waals surface area contributed by atoms with Crippen molar-refractivity contribution < 1.29 is 5.11 Å². The highest BCUT2D eigenvalue weighted by molar-refractivity contribution is 5.14. The molecule has 3 heterocycles. The van der Waals surface area contributed by atoms with Crippen molar-refractivity contribution in [3.63, 3.8) is 0 Å². The van der Waals surface area contributed by atoms with Crippen molar-refractivity contribution >= 4 is 0 Å². The lowest BCUT2D eigenvalue weighted by Crippen LogP contribution is -2.27. The molecule has 17 heavy (non-hydrogen) atoms. The van der Waals surface area contributed by atoms with E-state index in [0.717, 1.165) is 31.6 Å². The Hall–Kier alpha value is -0.870. The number of hydrogen-bond donors (Lipinski definition) is 1. The Morgan fingerprint density at radius 1 is 1.35 bits per heavy atom. The van der Waals surface area contributed by atoms with Crippen LogP contribution in [0, 0.1) is 0 Å². The van der Waals surface area contributed by atoms with Gasteiger partial charge >= 0.3 is 0 Å². The molecule has 3 rings (SSSR count). The predicted octanol–water partition coefficient (Wildman–Crippen LogP) is 1.87. The molecule has 1 aromatic heterocycles. The van der Waals surface area contributed by atoms with Crippen LogP contribution in [0.4, 0.5) is 0 Å². The minimum Gasteiger partial charge on any atom is -0.387 e. The van der Waals surface area contributed by atoms with Gasteiger partial charge in [-0.25, -0.2) is 4.98 Å². The van der Waals surface area contributed by atoms with Gasteiger partial charge in [-0.2, -0.15) is 0 Å². The Morgan fingerprint density at radius 2 is 2.18 bits per heavy atom. The Kier molecular flexibility index (Phi) is 2.92. The first-order valence-electron chi connectivity index (χ1n) is 6.78. The van der Waals surface area contributed by atoms with Crippen LogP contribution >= 0.6 is 0 Å². The van der Waals surface area contributed by atoms with Gasteiger partial charge in [-0.05, 0) is 38.8 Å². The fraction of sp³-hybridized carbons (Fsp3) is 0.769. The maximum absolute atomic E-state index is 9.97. The molecular weight excluding hydrogens is 214 g/mol. The van der Waals surface area contributed by atoms with Crippen molar-refractivity contribution in [2.24, 2.45) is 0 Å². The average Bonchev–Trinajstić information content (AvgIpc) is 2.94. The summed E-state index contributed by atoms with van der Waals surface area (Å²) in [6.07, 6.45) is 6.00. The van der Waals surface area contributed by atoms with Crippen LogP contribution in [0.2, 0.25) is 0 Å². The Morgan fingerprint density at radius 3 is 3.00 bits per heavy atom. The number of fused-ring (bicyclic) bond motifs is 1. The van der Waals surface area contributed by atoms with Crippen molar-refractivity contribution in [3.8, 4) is 0 Å². The number of aliphatic hydroxyl groups excluding tert-OH is 1. The fourth-order valence-electron chi connectivity index (χ4n) is 3.27. The summed E-state index contributed by atoms with van der Waals surface area (Å²) in [6, 6.07) is 0.471. The molecular formula is C13H21N3O. The summed E-state index contributed by atoms with van der Waals surface area (Å²) >= 11 is 0. The highest BCUT2D eigenvalue weighted by Crippen LogP contribution is 2.34. The van der Waals surface area contributed by atoms with Gasteiger partial charge < -0.3 is 9.67 Å². The number of aromatic nitrogens is 2. The standard InChI is InChI=1S/C13H21N3O/c1-2-15-7-3-5-10(15)13-14-9-11-12(17)6-4-8-16(11)13/h9-10,12,17H,2-8H2,1H3. The monoisotopic (exact) mass is 235 g/mol. The van der Waals surface area contributed by atoms with Gasteiger partial charge in [-0.15, -0.1) is 0 Å². The number of rotatable bonds is 2. The predicted molar refractivity (Wildman–Crippen MR) is 65.6 cm³/mol. The summed E-state index contributed by atoms with van der Waals surface area (Å²) in [7, 11) is 0. The first-order valence-corrected chi connectivity index (χ1v) is 6.78. The quantitative estimate of drug-likeness (QED) is 0.850. The van der Waals surface area contributed by atoms with E-state index in [1.165, 1.54) is 25.2 Å². The minimum absolute atomic E-state index is 0.304. The zero-order chi connectivity index (χ0) is 11.8. The third-order valence-corrected chi connectivity index (χ3v) is 4.19. The molecule has 2 unspecified atom stereocenters. The van der Waals surface area contributed by atoms with E-state index in [-0.39, 0.29) is 6.10 Å². The van der Waals surface area contributed by atoms with Crippen LogP contribution in [0.3, 0.4) is 0 Å². The molecule has 2 aliphatic heterocycles. The van der Waals surface area contributed by atoms with Crippen molar-refractivity contribution in [1.29, 1.82) is 0 Å². The Labute approximate surface area is 102 Å². The third-order valence-electron chi connectivity index (χ3n) is 4.19. The second-order valence-corrected chi connectivity index (χ2v) is 5.14. The fourth-order valence-corrected chi connectivity index (χ4v) is 3.27. The third kappa shape index (κ3) is 1.79. The zero-order valence-electron chi connectivity index (χ0n) is 10.5. The summed E-state index contributed by atoms with van der Waals surface area (Å²) in [5.74, 6) is 1.18. The van der Waals surface area contributed by atoms with Crippen molar-refractivity contribution in [2.45, 2.75) is 51.3 Å². The molecule has 1 saturated heterocycles. The van der Waals surface area contributed by atoms with Crippen LogP contribution < -0.4 is 0 Å². The Bertz CT molecular complexity index is 401. The van der Waals surface area contributed by atoms with Gasteiger partial charge in [0.05, 0.1) is 24.0 Å². The van der Waals surface area contributed by atoms with Crippen molar-refractivity contribution in [3.05, 3.63) is 17.7 Å². The summed E-state index contributed by atoms with van der Waals surface area (Å²) in [5.41, 5.74) is 1.02. The average molecular weight is 235 g/mol. The van der Waals surface area contributed by atoms with Crippen LogP contribution in [0.5, 0.6) is 0 Å². The number of aliphatic hydroxyl groups is 1. The van der Waals surface area contributed by atoms with E-state index in [9.17, 15) is 5.11 Å². The van der Waals surface area contributed by atoms with Crippen molar-refractivity contribution in [1.82, 2.24) is 14.5 Å². The van der Waals surface area contributed by atoms with E-state index in [4.69, 9.17) is 0 Å². The van der Waals surface area contributed by atoms with E-state index in [1.807, 2.05) is 6.20 Å². The molecule has 0 spiro atoms. The molecule has 94 valence electrons. The molecule has 0 aromatic carbocycles. The topological polar surface area (TPSA) is 41.3 Å². The largest absolute Gasteiger partial charge is 0.387 e. The van der Waals surface area contributed by atoms with Gasteiger partial charge in [0.25, 0.3) is 0 Å². The van der Waals surface area contributed by atoms with Gasteiger partial charge in [0.2, 0.25) is 0 Å². The molecule has 0 bridgehead atoms. The molecule has 0 saturated carbocycles. The first kappa shape index (κ1) is 11.2. The zero-order valence-corrected chi connectivity index (χ0v) is 10.5. The summed E-state index contributed by atoms with van der Waals surface area (Å²) in [5, 5.41) is 9.97. The maximum atomic E-state index is 9.97. The van der Waals surface area contributed by atoms with Gasteiger partial charge in [-0.3, -0.25) is 4.90 Å². The lowest BCUT2D eigenvalue weighted by atomic mass is 10.1. The smallest absolute Gasteiger partial charge is 0.126 e. The molecule has 4 nitrogen and oxygen atoms in total. The van der Waals surface area contributed by atoms with E-state index in [2.05, 4.69) is 21.4 Å². The molecule has 0 radical (unpaired) electrons. The minimum atomic E-state index is -0.304. The van der Waals surface area contributed by atoms with Crippen LogP contribution in [-0.4, -0.2) is 32.6 Å². The van der Waals surface area contributed by atoms with E-state index >= 15 is 0 Å². The second kappa shape index (κ2) is 4.42. The highest BCUT2D eigenvalue weighted by Gasteiger charge is 2.31. The van der Waals surface area contributed by atoms with Crippen LogP contribution in [0.15, 0.2) is 6.20 Å². The highest BCUT2D eigenvalue weighted by atomic mass is 16.3. The molecule has 1 N–H and O–H groups in total. The number of nitrogens with zero attached hydrogens (tertiary/aromatic N) is 3. The van der Waals surface area contributed by atoms with E-state index in [0.29, 0.717) is 6.04 Å². The molecule has 1 fully saturated rings.